The number of rotatable bonds is 4. The molecule has 0 aromatic heterocycles. The Balaban J connectivity index is 1.98. The van der Waals surface area contributed by atoms with Gasteiger partial charge in [0.05, 0.1) is 18.7 Å². The molecule has 0 saturated carbocycles. The van der Waals surface area contributed by atoms with Crippen LogP contribution in [0.2, 0.25) is 5.02 Å². The number of benzene rings is 2. The van der Waals surface area contributed by atoms with E-state index in [1.54, 1.807) is 43.3 Å². The first-order chi connectivity index (χ1) is 12.9. The van der Waals surface area contributed by atoms with E-state index in [9.17, 15) is 9.90 Å². The summed E-state index contributed by atoms with van der Waals surface area (Å²) in [6.07, 6.45) is 0. The number of aromatic hydroxyl groups is 1. The molecule has 0 fully saturated rings. The molecule has 1 heterocycles. The topological polar surface area (TPSA) is 82.6 Å². The van der Waals surface area contributed by atoms with Gasteiger partial charge in [0, 0.05) is 16.4 Å². The first-order valence-corrected chi connectivity index (χ1v) is 8.89. The van der Waals surface area contributed by atoms with Crippen LogP contribution in [0.4, 0.5) is 5.69 Å². The maximum Gasteiger partial charge on any atom is 0.255 e. The van der Waals surface area contributed by atoms with Crippen molar-refractivity contribution in [1.29, 1.82) is 0 Å². The average molecular weight is 404 g/mol. The summed E-state index contributed by atoms with van der Waals surface area (Å²) in [6, 6.07) is 11.3. The Kier molecular flexibility index (Phi) is 5.53. The highest BCUT2D eigenvalue weighted by atomic mass is 35.5. The Morgan fingerprint density at radius 2 is 2.07 bits per heavy atom. The second kappa shape index (κ2) is 7.85. The normalized spacial score (nSPS) is 16.4. The highest BCUT2D eigenvalue weighted by Crippen LogP contribution is 2.34. The smallest absolute Gasteiger partial charge is 0.255 e. The minimum atomic E-state index is -0.507. The minimum Gasteiger partial charge on any atom is -0.504 e. The molecular weight excluding hydrogens is 386 g/mol. The van der Waals surface area contributed by atoms with Gasteiger partial charge in [-0.05, 0) is 55.0 Å². The summed E-state index contributed by atoms with van der Waals surface area (Å²) in [5, 5.41) is 19.7. The molecule has 1 aliphatic rings. The quantitative estimate of drug-likeness (QED) is 0.585. The van der Waals surface area contributed by atoms with Gasteiger partial charge in [0.25, 0.3) is 5.91 Å². The van der Waals surface area contributed by atoms with Crippen molar-refractivity contribution in [2.75, 3.05) is 12.4 Å². The fourth-order valence-corrected chi connectivity index (χ4v) is 3.34. The SMILES string of the molecule is COc1cc([C@@H]2NC(=S)NC(C)=C2C(=O)Nc2cccc(Cl)c2)ccc1O. The van der Waals surface area contributed by atoms with Crippen LogP contribution >= 0.6 is 23.8 Å². The largest absolute Gasteiger partial charge is 0.504 e. The van der Waals surface area contributed by atoms with Crippen molar-refractivity contribution in [1.82, 2.24) is 10.6 Å². The molecule has 2 aromatic rings. The van der Waals surface area contributed by atoms with Gasteiger partial charge in [0.2, 0.25) is 0 Å². The van der Waals surface area contributed by atoms with Gasteiger partial charge < -0.3 is 25.8 Å². The number of amides is 1. The van der Waals surface area contributed by atoms with E-state index in [1.165, 1.54) is 13.2 Å². The van der Waals surface area contributed by atoms with E-state index >= 15 is 0 Å². The Hall–Kier alpha value is -2.77. The fraction of sp³-hybridized carbons (Fsp3) is 0.158. The number of thiocarbonyl (C=S) groups is 1. The standard InChI is InChI=1S/C19H18ClN3O3S/c1-10-16(18(25)22-13-5-3-4-12(20)9-13)17(23-19(27)21-10)11-6-7-14(24)15(8-11)26-2/h3-9,17,24H,1-2H3,(H,22,25)(H2,21,23,27)/t17-/m0/s1. The molecule has 1 atom stereocenters. The first kappa shape index (κ1) is 19.0. The van der Waals surface area contributed by atoms with Crippen molar-refractivity contribution in [2.24, 2.45) is 0 Å². The molecule has 0 saturated heterocycles. The monoisotopic (exact) mass is 403 g/mol. The zero-order valence-corrected chi connectivity index (χ0v) is 16.2. The summed E-state index contributed by atoms with van der Waals surface area (Å²) in [4.78, 5) is 13.0. The second-order valence-corrected chi connectivity index (χ2v) is 6.81. The van der Waals surface area contributed by atoms with Gasteiger partial charge in [-0.2, -0.15) is 0 Å². The Bertz CT molecular complexity index is 946. The third kappa shape index (κ3) is 4.15. The molecular formula is C19H18ClN3O3S. The van der Waals surface area contributed by atoms with Crippen molar-refractivity contribution in [3.05, 3.63) is 64.3 Å². The summed E-state index contributed by atoms with van der Waals surface area (Å²) in [5.41, 5.74) is 2.42. The predicted octanol–water partition coefficient (Wildman–Crippen LogP) is 3.49. The molecule has 2 aromatic carbocycles. The number of carbonyl (C=O) groups is 1. The molecule has 6 nitrogen and oxygen atoms in total. The van der Waals surface area contributed by atoms with E-state index in [4.69, 9.17) is 28.6 Å². The lowest BCUT2D eigenvalue weighted by Gasteiger charge is -2.30. The number of carbonyl (C=O) groups excluding carboxylic acids is 1. The molecule has 0 radical (unpaired) electrons. The number of allylic oxidation sites excluding steroid dienone is 1. The molecule has 0 unspecified atom stereocenters. The van der Waals surface area contributed by atoms with Gasteiger partial charge in [-0.3, -0.25) is 4.79 Å². The molecule has 3 rings (SSSR count). The summed E-state index contributed by atoms with van der Waals surface area (Å²) >= 11 is 11.2. The molecule has 0 bridgehead atoms. The van der Waals surface area contributed by atoms with E-state index < -0.39 is 6.04 Å². The van der Waals surface area contributed by atoms with Gasteiger partial charge in [0.1, 0.15) is 0 Å². The van der Waals surface area contributed by atoms with Crippen LogP contribution in [0.3, 0.4) is 0 Å². The summed E-state index contributed by atoms with van der Waals surface area (Å²) < 4.78 is 5.18. The van der Waals surface area contributed by atoms with Gasteiger partial charge in [0.15, 0.2) is 16.6 Å². The molecule has 1 amide bonds. The van der Waals surface area contributed by atoms with Crippen LogP contribution in [0.5, 0.6) is 11.5 Å². The van der Waals surface area contributed by atoms with Gasteiger partial charge in [-0.25, -0.2) is 0 Å². The predicted molar refractivity (Wildman–Crippen MR) is 109 cm³/mol. The van der Waals surface area contributed by atoms with Crippen molar-refractivity contribution in [3.63, 3.8) is 0 Å². The van der Waals surface area contributed by atoms with Gasteiger partial charge in [-0.1, -0.05) is 23.7 Å². The Morgan fingerprint density at radius 1 is 1.30 bits per heavy atom. The Morgan fingerprint density at radius 3 is 2.78 bits per heavy atom. The number of hydrogen-bond donors (Lipinski definition) is 4. The Labute approximate surface area is 167 Å². The third-order valence-corrected chi connectivity index (χ3v) is 4.59. The van der Waals surface area contributed by atoms with Crippen molar-refractivity contribution < 1.29 is 14.6 Å². The zero-order chi connectivity index (χ0) is 19.6. The van der Waals surface area contributed by atoms with Crippen LogP contribution in [-0.2, 0) is 4.79 Å². The van der Waals surface area contributed by atoms with Crippen LogP contribution < -0.4 is 20.7 Å². The van der Waals surface area contributed by atoms with Crippen LogP contribution in [0.15, 0.2) is 53.7 Å². The molecule has 8 heteroatoms. The number of halogens is 1. The first-order valence-electron chi connectivity index (χ1n) is 8.11. The number of hydrogen-bond acceptors (Lipinski definition) is 4. The van der Waals surface area contributed by atoms with Crippen LogP contribution in [0.25, 0.3) is 0 Å². The van der Waals surface area contributed by atoms with E-state index in [2.05, 4.69) is 16.0 Å². The average Bonchev–Trinajstić information content (AvgIpc) is 2.61. The molecule has 27 heavy (non-hydrogen) atoms. The number of nitrogens with one attached hydrogen (secondary N) is 3. The maximum atomic E-state index is 13.0. The molecule has 1 aliphatic heterocycles. The summed E-state index contributed by atoms with van der Waals surface area (Å²) in [5.74, 6) is 0.0312. The third-order valence-electron chi connectivity index (χ3n) is 4.13. The van der Waals surface area contributed by atoms with Crippen LogP contribution in [0.1, 0.15) is 18.5 Å². The molecule has 4 N–H and O–H groups in total. The molecule has 0 spiro atoms. The number of phenolic OH excluding ortho intramolecular Hbond substituents is 1. The lowest BCUT2D eigenvalue weighted by atomic mass is 9.94. The summed E-state index contributed by atoms with van der Waals surface area (Å²) in [6.45, 7) is 1.78. The van der Waals surface area contributed by atoms with Gasteiger partial charge >= 0.3 is 0 Å². The van der Waals surface area contributed by atoms with Crippen LogP contribution in [-0.4, -0.2) is 23.2 Å². The molecule has 0 aliphatic carbocycles. The van der Waals surface area contributed by atoms with Crippen molar-refractivity contribution >= 4 is 40.5 Å². The molecule has 140 valence electrons. The zero-order valence-electron chi connectivity index (χ0n) is 14.7. The number of ether oxygens (including phenoxy) is 1. The number of phenols is 1. The second-order valence-electron chi connectivity index (χ2n) is 5.97. The minimum absolute atomic E-state index is 0.0170. The summed E-state index contributed by atoms with van der Waals surface area (Å²) in [7, 11) is 1.47. The van der Waals surface area contributed by atoms with Crippen LogP contribution in [0, 0.1) is 0 Å². The lowest BCUT2D eigenvalue weighted by Crippen LogP contribution is -2.45. The number of anilines is 1. The van der Waals surface area contributed by atoms with Gasteiger partial charge in [-0.15, -0.1) is 0 Å². The van der Waals surface area contributed by atoms with E-state index in [0.717, 1.165) is 5.56 Å². The fourth-order valence-electron chi connectivity index (χ4n) is 2.88. The van der Waals surface area contributed by atoms with E-state index in [0.29, 0.717) is 32.8 Å². The highest BCUT2D eigenvalue weighted by molar-refractivity contribution is 7.80. The van der Waals surface area contributed by atoms with E-state index in [1.807, 2.05) is 0 Å². The maximum absolute atomic E-state index is 13.0. The van der Waals surface area contributed by atoms with Crippen molar-refractivity contribution in [3.8, 4) is 11.5 Å². The highest BCUT2D eigenvalue weighted by Gasteiger charge is 2.30. The lowest BCUT2D eigenvalue weighted by molar-refractivity contribution is -0.113. The van der Waals surface area contributed by atoms with Crippen molar-refractivity contribution in [2.45, 2.75) is 13.0 Å². The number of methoxy groups -OCH3 is 1. The van der Waals surface area contributed by atoms with E-state index in [-0.39, 0.29) is 11.7 Å².